The van der Waals surface area contributed by atoms with Crippen molar-refractivity contribution in [1.29, 1.82) is 0 Å². The van der Waals surface area contributed by atoms with E-state index < -0.39 is 6.10 Å². The molecule has 1 aliphatic rings. The Hall–Kier alpha value is -0.160. The molecule has 0 aromatic carbocycles. The van der Waals surface area contributed by atoms with Gasteiger partial charge in [0.1, 0.15) is 0 Å². The minimum absolute atomic E-state index is 0.183. The normalized spacial score (nSPS) is 18.0. The summed E-state index contributed by atoms with van der Waals surface area (Å²) in [6.45, 7) is 9.57. The molecule has 1 saturated carbocycles. The van der Waals surface area contributed by atoms with Crippen LogP contribution in [0.1, 0.15) is 40.0 Å². The van der Waals surface area contributed by atoms with E-state index in [0.29, 0.717) is 13.2 Å². The van der Waals surface area contributed by atoms with Gasteiger partial charge >= 0.3 is 0 Å². The quantitative estimate of drug-likeness (QED) is 0.585. The third-order valence-electron chi connectivity index (χ3n) is 2.78. The van der Waals surface area contributed by atoms with Crippen LogP contribution < -0.4 is 5.32 Å². The predicted molar refractivity (Wildman–Crippen MR) is 72.7 cm³/mol. The van der Waals surface area contributed by atoms with Crippen LogP contribution in [0.25, 0.3) is 0 Å². The summed E-state index contributed by atoms with van der Waals surface area (Å²) in [5, 5.41) is 12.9. The van der Waals surface area contributed by atoms with Crippen LogP contribution in [-0.2, 0) is 9.47 Å². The molecule has 0 aromatic heterocycles. The molecule has 1 unspecified atom stereocenters. The zero-order valence-electron chi connectivity index (χ0n) is 12.1. The molecule has 4 nitrogen and oxygen atoms in total. The monoisotopic (exact) mass is 259 g/mol. The van der Waals surface area contributed by atoms with Gasteiger partial charge in [-0.15, -0.1) is 0 Å². The summed E-state index contributed by atoms with van der Waals surface area (Å²) in [6.07, 6.45) is 3.26. The van der Waals surface area contributed by atoms with Crippen molar-refractivity contribution < 1.29 is 14.6 Å². The minimum atomic E-state index is -0.434. The SMILES string of the molecule is CC(C)(C)OCC(O)CNCCCOCC1CC1. The molecule has 0 aliphatic heterocycles. The van der Waals surface area contributed by atoms with Crippen molar-refractivity contribution in [3.8, 4) is 0 Å². The zero-order valence-corrected chi connectivity index (χ0v) is 12.1. The molecule has 0 radical (unpaired) electrons. The Morgan fingerprint density at radius 1 is 1.33 bits per heavy atom. The van der Waals surface area contributed by atoms with Crippen LogP contribution in [-0.4, -0.2) is 49.7 Å². The van der Waals surface area contributed by atoms with Crippen LogP contribution >= 0.6 is 0 Å². The molecule has 18 heavy (non-hydrogen) atoms. The lowest BCUT2D eigenvalue weighted by molar-refractivity contribution is -0.0478. The van der Waals surface area contributed by atoms with Crippen molar-refractivity contribution in [3.63, 3.8) is 0 Å². The topological polar surface area (TPSA) is 50.7 Å². The first-order valence-electron chi connectivity index (χ1n) is 7.08. The van der Waals surface area contributed by atoms with E-state index in [9.17, 15) is 5.11 Å². The fourth-order valence-corrected chi connectivity index (χ4v) is 1.51. The molecule has 1 rings (SSSR count). The lowest BCUT2D eigenvalue weighted by atomic mass is 10.2. The Kier molecular flexibility index (Phi) is 7.15. The van der Waals surface area contributed by atoms with E-state index >= 15 is 0 Å². The van der Waals surface area contributed by atoms with Gasteiger partial charge in [-0.3, -0.25) is 0 Å². The molecule has 108 valence electrons. The molecule has 0 spiro atoms. The summed E-state index contributed by atoms with van der Waals surface area (Å²) in [4.78, 5) is 0. The van der Waals surface area contributed by atoms with Crippen molar-refractivity contribution in [2.45, 2.75) is 51.7 Å². The van der Waals surface area contributed by atoms with Gasteiger partial charge in [0.2, 0.25) is 0 Å². The van der Waals surface area contributed by atoms with Gasteiger partial charge in [-0.2, -0.15) is 0 Å². The maximum atomic E-state index is 9.68. The Labute approximate surface area is 111 Å². The number of nitrogens with one attached hydrogen (secondary N) is 1. The fourth-order valence-electron chi connectivity index (χ4n) is 1.51. The molecular formula is C14H29NO3. The average Bonchev–Trinajstić information content (AvgIpc) is 3.08. The van der Waals surface area contributed by atoms with Crippen LogP contribution in [0.5, 0.6) is 0 Å². The Balaban J connectivity index is 1.81. The second-order valence-corrected chi connectivity index (χ2v) is 6.15. The summed E-state index contributed by atoms with van der Waals surface area (Å²) >= 11 is 0. The summed E-state index contributed by atoms with van der Waals surface area (Å²) in [7, 11) is 0. The first-order valence-corrected chi connectivity index (χ1v) is 7.08. The number of hydrogen-bond donors (Lipinski definition) is 2. The number of aliphatic hydroxyl groups is 1. The predicted octanol–water partition coefficient (Wildman–Crippen LogP) is 1.57. The molecule has 2 N–H and O–H groups in total. The highest BCUT2D eigenvalue weighted by Gasteiger charge is 2.20. The van der Waals surface area contributed by atoms with Crippen LogP contribution in [0.3, 0.4) is 0 Å². The maximum Gasteiger partial charge on any atom is 0.0897 e. The standard InChI is InChI=1S/C14H29NO3/c1-14(2,3)18-11-13(16)9-15-7-4-8-17-10-12-5-6-12/h12-13,15-16H,4-11H2,1-3H3. The lowest BCUT2D eigenvalue weighted by Crippen LogP contribution is -2.34. The van der Waals surface area contributed by atoms with Gasteiger partial charge in [0.25, 0.3) is 0 Å². The Morgan fingerprint density at radius 2 is 2.06 bits per heavy atom. The Morgan fingerprint density at radius 3 is 2.67 bits per heavy atom. The van der Waals surface area contributed by atoms with E-state index in [1.165, 1.54) is 12.8 Å². The van der Waals surface area contributed by atoms with Gasteiger partial charge in [0.05, 0.1) is 18.3 Å². The maximum absolute atomic E-state index is 9.68. The van der Waals surface area contributed by atoms with Gasteiger partial charge in [0, 0.05) is 19.8 Å². The first-order chi connectivity index (χ1) is 8.47. The minimum Gasteiger partial charge on any atom is -0.389 e. The lowest BCUT2D eigenvalue weighted by Gasteiger charge is -2.22. The van der Waals surface area contributed by atoms with E-state index in [-0.39, 0.29) is 5.60 Å². The smallest absolute Gasteiger partial charge is 0.0897 e. The number of rotatable bonds is 10. The van der Waals surface area contributed by atoms with E-state index in [1.54, 1.807) is 0 Å². The van der Waals surface area contributed by atoms with E-state index in [2.05, 4.69) is 5.32 Å². The molecule has 0 bridgehead atoms. The largest absolute Gasteiger partial charge is 0.389 e. The van der Waals surface area contributed by atoms with Crippen LogP contribution in [0, 0.1) is 5.92 Å². The molecular weight excluding hydrogens is 230 g/mol. The summed E-state index contributed by atoms with van der Waals surface area (Å²) in [5.41, 5.74) is -0.183. The van der Waals surface area contributed by atoms with Gasteiger partial charge < -0.3 is 19.9 Å². The van der Waals surface area contributed by atoms with E-state index in [1.807, 2.05) is 20.8 Å². The second kappa shape index (κ2) is 8.10. The highest BCUT2D eigenvalue weighted by atomic mass is 16.5. The number of ether oxygens (including phenoxy) is 2. The van der Waals surface area contributed by atoms with Crippen molar-refractivity contribution in [3.05, 3.63) is 0 Å². The van der Waals surface area contributed by atoms with Crippen molar-refractivity contribution in [2.24, 2.45) is 5.92 Å². The molecule has 0 amide bonds. The van der Waals surface area contributed by atoms with E-state index in [4.69, 9.17) is 9.47 Å². The van der Waals surface area contributed by atoms with Gasteiger partial charge in [-0.25, -0.2) is 0 Å². The molecule has 1 aliphatic carbocycles. The van der Waals surface area contributed by atoms with Gasteiger partial charge in [-0.05, 0) is 52.5 Å². The summed E-state index contributed by atoms with van der Waals surface area (Å²) < 4.78 is 11.0. The van der Waals surface area contributed by atoms with Crippen molar-refractivity contribution in [1.82, 2.24) is 5.32 Å². The molecule has 1 atom stereocenters. The fraction of sp³-hybridized carbons (Fsp3) is 1.00. The van der Waals surface area contributed by atoms with Crippen LogP contribution in [0.4, 0.5) is 0 Å². The third-order valence-corrected chi connectivity index (χ3v) is 2.78. The highest BCUT2D eigenvalue weighted by Crippen LogP contribution is 2.28. The van der Waals surface area contributed by atoms with Gasteiger partial charge in [-0.1, -0.05) is 0 Å². The summed E-state index contributed by atoms with van der Waals surface area (Å²) in [6, 6.07) is 0. The van der Waals surface area contributed by atoms with E-state index in [0.717, 1.165) is 32.1 Å². The van der Waals surface area contributed by atoms with Crippen LogP contribution in [0.15, 0.2) is 0 Å². The Bertz CT molecular complexity index is 212. The number of hydrogen-bond acceptors (Lipinski definition) is 4. The van der Waals surface area contributed by atoms with Crippen molar-refractivity contribution >= 4 is 0 Å². The molecule has 4 heteroatoms. The zero-order chi connectivity index (χ0) is 13.4. The van der Waals surface area contributed by atoms with Gasteiger partial charge in [0.15, 0.2) is 0 Å². The highest BCUT2D eigenvalue weighted by molar-refractivity contribution is 4.71. The first kappa shape index (κ1) is 15.9. The summed E-state index contributed by atoms with van der Waals surface area (Å²) in [5.74, 6) is 0.842. The molecule has 0 heterocycles. The molecule has 1 fully saturated rings. The molecule has 0 aromatic rings. The van der Waals surface area contributed by atoms with Crippen molar-refractivity contribution in [2.75, 3.05) is 32.9 Å². The molecule has 0 saturated heterocycles. The third kappa shape index (κ3) is 9.83. The average molecular weight is 259 g/mol. The number of aliphatic hydroxyl groups excluding tert-OH is 1. The van der Waals surface area contributed by atoms with Crippen LogP contribution in [0.2, 0.25) is 0 Å². The second-order valence-electron chi connectivity index (χ2n) is 6.15.